The number of hydrogen-bond donors (Lipinski definition) is 4. The molecule has 7 nitrogen and oxygen atoms in total. The summed E-state index contributed by atoms with van der Waals surface area (Å²) >= 11 is 0. The molecule has 0 fully saturated rings. The molecule has 1 amide bonds. The van der Waals surface area contributed by atoms with Gasteiger partial charge in [-0.05, 0) is 25.7 Å². The van der Waals surface area contributed by atoms with Crippen LogP contribution in [0.25, 0.3) is 0 Å². The second kappa shape index (κ2) is 48.6. The number of aliphatic hydroxyl groups excluding tert-OH is 3. The average molecular weight is 850 g/mol. The van der Waals surface area contributed by atoms with Gasteiger partial charge < -0.3 is 25.4 Å². The average Bonchev–Trinajstić information content (AvgIpc) is 3.25. The number of unbranched alkanes of at least 4 members (excludes halogenated alkanes) is 36. The Hall–Kier alpha value is -1.44. The lowest BCUT2D eigenvalue weighted by Crippen LogP contribution is -2.45. The van der Waals surface area contributed by atoms with Gasteiger partial charge in [-0.1, -0.05) is 257 Å². The van der Waals surface area contributed by atoms with Crippen molar-refractivity contribution in [3.63, 3.8) is 0 Å². The molecule has 0 heterocycles. The van der Waals surface area contributed by atoms with E-state index in [1.165, 1.54) is 205 Å². The highest BCUT2D eigenvalue weighted by atomic mass is 16.5. The van der Waals surface area contributed by atoms with Gasteiger partial charge in [0, 0.05) is 12.8 Å². The third-order valence-corrected chi connectivity index (χ3v) is 12.4. The summed E-state index contributed by atoms with van der Waals surface area (Å²) in [5.41, 5.74) is 0. The van der Waals surface area contributed by atoms with Crippen molar-refractivity contribution in [1.82, 2.24) is 5.32 Å². The fourth-order valence-corrected chi connectivity index (χ4v) is 8.22. The molecule has 0 aromatic rings. The minimum atomic E-state index is -1.02. The molecule has 356 valence electrons. The first-order valence-corrected chi connectivity index (χ1v) is 26.5. The molecule has 0 bridgehead atoms. The molecule has 0 aromatic carbocycles. The molecule has 0 saturated heterocycles. The Balaban J connectivity index is 3.45. The summed E-state index contributed by atoms with van der Waals surface area (Å²) in [5.74, 6) is -0.150. The van der Waals surface area contributed by atoms with Crippen molar-refractivity contribution < 1.29 is 29.6 Å². The molecule has 0 rings (SSSR count). The first-order chi connectivity index (χ1) is 29.4. The normalized spacial score (nSPS) is 13.2. The lowest BCUT2D eigenvalue weighted by atomic mass is 10.0. The third kappa shape index (κ3) is 44.6. The van der Waals surface area contributed by atoms with Gasteiger partial charge in [0.2, 0.25) is 5.91 Å². The molecule has 3 atom stereocenters. The van der Waals surface area contributed by atoms with Crippen molar-refractivity contribution in [3.8, 4) is 0 Å². The van der Waals surface area contributed by atoms with Crippen molar-refractivity contribution in [2.75, 3.05) is 13.2 Å². The number of ether oxygens (including phenoxy) is 1. The standard InChI is InChI=1S/C53H103NO6/c1-3-5-7-8-9-10-30-33-36-39-42-49(56)45-46-51(57)50(48-55)54-52(58)43-40-37-34-31-28-26-24-22-20-18-16-14-12-11-13-15-17-19-21-23-25-27-29-32-35-38-41-47-60-53(59)44-6-4-2/h45-46,49-51,55-57H,3-44,47-48H2,1-2H3,(H,54,58)/b46-45+. The molecule has 60 heavy (non-hydrogen) atoms. The summed E-state index contributed by atoms with van der Waals surface area (Å²) < 4.78 is 5.28. The number of carbonyl (C=O) groups excluding carboxylic acids is 2. The molecular weight excluding hydrogens is 747 g/mol. The minimum Gasteiger partial charge on any atom is -0.466 e. The lowest BCUT2D eigenvalue weighted by Gasteiger charge is -2.20. The maximum atomic E-state index is 12.4. The first-order valence-electron chi connectivity index (χ1n) is 26.5. The molecule has 0 spiro atoms. The quantitative estimate of drug-likeness (QED) is 0.0275. The topological polar surface area (TPSA) is 116 Å². The van der Waals surface area contributed by atoms with Crippen molar-refractivity contribution in [3.05, 3.63) is 12.2 Å². The van der Waals surface area contributed by atoms with Gasteiger partial charge in [-0.3, -0.25) is 9.59 Å². The molecule has 4 N–H and O–H groups in total. The van der Waals surface area contributed by atoms with E-state index < -0.39 is 18.2 Å². The Labute approximate surface area is 372 Å². The van der Waals surface area contributed by atoms with Gasteiger partial charge in [0.25, 0.3) is 0 Å². The van der Waals surface area contributed by atoms with E-state index in [1.54, 1.807) is 6.08 Å². The van der Waals surface area contributed by atoms with E-state index in [2.05, 4.69) is 19.2 Å². The molecule has 0 aliphatic carbocycles. The van der Waals surface area contributed by atoms with E-state index in [0.29, 0.717) is 25.9 Å². The van der Waals surface area contributed by atoms with E-state index >= 15 is 0 Å². The molecular formula is C53H103NO6. The van der Waals surface area contributed by atoms with Crippen LogP contribution in [0.5, 0.6) is 0 Å². The van der Waals surface area contributed by atoms with Crippen molar-refractivity contribution in [2.45, 2.75) is 302 Å². The number of esters is 1. The Morgan fingerprint density at radius 2 is 0.800 bits per heavy atom. The first kappa shape index (κ1) is 58.6. The predicted molar refractivity (Wildman–Crippen MR) is 256 cm³/mol. The molecule has 7 heteroatoms. The van der Waals surface area contributed by atoms with Gasteiger partial charge in [-0.25, -0.2) is 0 Å². The van der Waals surface area contributed by atoms with Crippen molar-refractivity contribution in [2.24, 2.45) is 0 Å². The number of nitrogens with one attached hydrogen (secondary N) is 1. The van der Waals surface area contributed by atoms with Crippen molar-refractivity contribution >= 4 is 11.9 Å². The molecule has 0 aliphatic heterocycles. The highest BCUT2D eigenvalue weighted by molar-refractivity contribution is 5.76. The van der Waals surface area contributed by atoms with Crippen LogP contribution in [0.15, 0.2) is 12.2 Å². The van der Waals surface area contributed by atoms with Crippen LogP contribution in [0, 0.1) is 0 Å². The predicted octanol–water partition coefficient (Wildman–Crippen LogP) is 14.7. The Kier molecular flexibility index (Phi) is 47.4. The molecule has 0 aliphatic rings. The molecule has 0 aromatic heterocycles. The molecule has 3 unspecified atom stereocenters. The summed E-state index contributed by atoms with van der Waals surface area (Å²) in [5, 5.41) is 33.3. The number of amides is 1. The van der Waals surface area contributed by atoms with Crippen LogP contribution in [0.1, 0.15) is 284 Å². The van der Waals surface area contributed by atoms with Crippen LogP contribution >= 0.6 is 0 Å². The van der Waals surface area contributed by atoms with E-state index in [4.69, 9.17) is 4.74 Å². The zero-order valence-corrected chi connectivity index (χ0v) is 40.1. The van der Waals surface area contributed by atoms with Crippen LogP contribution in [-0.2, 0) is 14.3 Å². The molecule has 0 saturated carbocycles. The zero-order chi connectivity index (χ0) is 43.8. The fraction of sp³-hybridized carbons (Fsp3) is 0.925. The van der Waals surface area contributed by atoms with E-state index in [9.17, 15) is 24.9 Å². The van der Waals surface area contributed by atoms with Gasteiger partial charge in [0.15, 0.2) is 0 Å². The summed E-state index contributed by atoms with van der Waals surface area (Å²) in [7, 11) is 0. The SMILES string of the molecule is CCCCCCCCCCCCC(O)/C=C/C(O)C(CO)NC(=O)CCCCCCCCCCCCCCCCCCCCCCCCCCCCCOC(=O)CCCC. The number of carbonyl (C=O) groups is 2. The largest absolute Gasteiger partial charge is 0.466 e. The third-order valence-electron chi connectivity index (χ3n) is 12.4. The highest BCUT2D eigenvalue weighted by Crippen LogP contribution is 2.17. The zero-order valence-electron chi connectivity index (χ0n) is 40.1. The summed E-state index contributed by atoms with van der Waals surface area (Å²) in [6, 6.07) is -0.746. The Bertz CT molecular complexity index is 912. The van der Waals surface area contributed by atoms with Gasteiger partial charge in [0.05, 0.1) is 31.5 Å². The fourth-order valence-electron chi connectivity index (χ4n) is 8.22. The second-order valence-corrected chi connectivity index (χ2v) is 18.4. The maximum absolute atomic E-state index is 12.4. The number of rotatable bonds is 49. The summed E-state index contributed by atoms with van der Waals surface area (Å²) in [4.78, 5) is 23.9. The number of hydrogen-bond acceptors (Lipinski definition) is 6. The van der Waals surface area contributed by atoms with E-state index in [-0.39, 0.29) is 18.5 Å². The number of aliphatic hydroxyl groups is 3. The Morgan fingerprint density at radius 1 is 0.450 bits per heavy atom. The second-order valence-electron chi connectivity index (χ2n) is 18.4. The minimum absolute atomic E-state index is 0.0211. The molecule has 0 radical (unpaired) electrons. The van der Waals surface area contributed by atoms with Crippen LogP contribution in [-0.4, -0.2) is 58.7 Å². The van der Waals surface area contributed by atoms with Gasteiger partial charge in [-0.15, -0.1) is 0 Å². The summed E-state index contributed by atoms with van der Waals surface area (Å²) in [6.45, 7) is 4.62. The van der Waals surface area contributed by atoms with Crippen LogP contribution in [0.4, 0.5) is 0 Å². The lowest BCUT2D eigenvalue weighted by molar-refractivity contribution is -0.143. The maximum Gasteiger partial charge on any atom is 0.305 e. The smallest absolute Gasteiger partial charge is 0.305 e. The van der Waals surface area contributed by atoms with Crippen LogP contribution in [0.3, 0.4) is 0 Å². The van der Waals surface area contributed by atoms with Crippen LogP contribution < -0.4 is 5.32 Å². The van der Waals surface area contributed by atoms with Gasteiger partial charge in [0.1, 0.15) is 0 Å². The van der Waals surface area contributed by atoms with Gasteiger partial charge in [-0.2, -0.15) is 0 Å². The van der Waals surface area contributed by atoms with E-state index in [1.807, 2.05) is 0 Å². The van der Waals surface area contributed by atoms with Crippen molar-refractivity contribution in [1.29, 1.82) is 0 Å². The van der Waals surface area contributed by atoms with Crippen LogP contribution in [0.2, 0.25) is 0 Å². The van der Waals surface area contributed by atoms with Gasteiger partial charge >= 0.3 is 5.97 Å². The Morgan fingerprint density at radius 3 is 1.18 bits per heavy atom. The van der Waals surface area contributed by atoms with E-state index in [0.717, 1.165) is 51.4 Å². The monoisotopic (exact) mass is 850 g/mol. The highest BCUT2D eigenvalue weighted by Gasteiger charge is 2.18. The summed E-state index contributed by atoms with van der Waals surface area (Å²) in [6.07, 6.45) is 53.1.